The minimum absolute atomic E-state index is 0.0848. The summed E-state index contributed by atoms with van der Waals surface area (Å²) in [7, 11) is 0. The number of quaternary nitrogens is 1. The average molecular weight is 386 g/mol. The maximum Gasteiger partial charge on any atom is 0.527 e. The van der Waals surface area contributed by atoms with Crippen LogP contribution in [0.5, 0.6) is 0 Å². The van der Waals surface area contributed by atoms with E-state index in [0.717, 1.165) is 11.3 Å². The molecule has 0 radical (unpaired) electrons. The molecule has 1 fully saturated rings. The van der Waals surface area contributed by atoms with E-state index < -0.39 is 16.7 Å². The second kappa shape index (κ2) is 8.59. The van der Waals surface area contributed by atoms with E-state index in [-0.39, 0.29) is 24.4 Å². The Morgan fingerprint density at radius 3 is 2.26 bits per heavy atom. The maximum atomic E-state index is 12.8. The first kappa shape index (κ1) is 19.5. The molecule has 0 spiro atoms. The van der Waals surface area contributed by atoms with E-state index >= 15 is 0 Å². The third-order valence-corrected chi connectivity index (χ3v) is 6.36. The molecular weight excluding hydrogens is 362 g/mol. The lowest BCUT2D eigenvalue weighted by Gasteiger charge is -2.28. The van der Waals surface area contributed by atoms with Crippen molar-refractivity contribution in [3.05, 3.63) is 71.8 Å². The molecule has 0 saturated carbocycles. The SMILES string of the molecule is C[C@@H]1C[C@@H](SCc2ccccc2)C[N@+]1(C(=O)O)C(=O)OCc1ccccc1. The van der Waals surface area contributed by atoms with Crippen molar-refractivity contribution in [3.8, 4) is 0 Å². The Morgan fingerprint density at radius 2 is 1.67 bits per heavy atom. The predicted molar refractivity (Wildman–Crippen MR) is 105 cm³/mol. The van der Waals surface area contributed by atoms with Crippen molar-refractivity contribution in [1.82, 2.24) is 0 Å². The number of hydrogen-bond acceptors (Lipinski definition) is 4. The fourth-order valence-electron chi connectivity index (χ4n) is 3.48. The van der Waals surface area contributed by atoms with Crippen LogP contribution in [0, 0.1) is 0 Å². The quantitative estimate of drug-likeness (QED) is 0.740. The van der Waals surface area contributed by atoms with Crippen molar-refractivity contribution >= 4 is 23.9 Å². The van der Waals surface area contributed by atoms with Gasteiger partial charge in [0.25, 0.3) is 0 Å². The molecule has 1 aliphatic heterocycles. The van der Waals surface area contributed by atoms with Crippen molar-refractivity contribution < 1.29 is 23.9 Å². The third-order valence-electron chi connectivity index (χ3n) is 5.05. The molecule has 2 aromatic rings. The first-order valence-electron chi connectivity index (χ1n) is 9.00. The Labute approximate surface area is 163 Å². The van der Waals surface area contributed by atoms with Crippen molar-refractivity contribution in [1.29, 1.82) is 0 Å². The lowest BCUT2D eigenvalue weighted by molar-refractivity contribution is -0.795. The Kier molecular flexibility index (Phi) is 6.19. The molecule has 3 rings (SSSR count). The molecule has 0 unspecified atom stereocenters. The number of amides is 2. The topological polar surface area (TPSA) is 63.6 Å². The number of benzene rings is 2. The number of imide groups is 1. The molecule has 1 aliphatic rings. The van der Waals surface area contributed by atoms with Gasteiger partial charge in [-0.05, 0) is 18.1 Å². The number of carbonyl (C=O) groups excluding carboxylic acids is 1. The monoisotopic (exact) mass is 386 g/mol. The summed E-state index contributed by atoms with van der Waals surface area (Å²) in [5, 5.41) is 9.96. The summed E-state index contributed by atoms with van der Waals surface area (Å²) in [6, 6.07) is 19.1. The molecule has 1 saturated heterocycles. The van der Waals surface area contributed by atoms with E-state index in [2.05, 4.69) is 12.1 Å². The van der Waals surface area contributed by atoms with Crippen LogP contribution >= 0.6 is 11.8 Å². The Bertz CT molecular complexity index is 783. The van der Waals surface area contributed by atoms with Crippen LogP contribution in [0.2, 0.25) is 0 Å². The lowest BCUT2D eigenvalue weighted by Crippen LogP contribution is -2.59. The highest BCUT2D eigenvalue weighted by atomic mass is 32.2. The van der Waals surface area contributed by atoms with Gasteiger partial charge >= 0.3 is 12.2 Å². The van der Waals surface area contributed by atoms with Gasteiger partial charge in [0.1, 0.15) is 19.2 Å². The minimum Gasteiger partial charge on any atom is -0.435 e. The van der Waals surface area contributed by atoms with Crippen LogP contribution in [0.15, 0.2) is 60.7 Å². The number of carbonyl (C=O) groups is 2. The number of rotatable bonds is 5. The second-order valence-electron chi connectivity index (χ2n) is 6.88. The maximum absolute atomic E-state index is 12.8. The second-order valence-corrected chi connectivity index (χ2v) is 8.17. The summed E-state index contributed by atoms with van der Waals surface area (Å²) in [6.07, 6.45) is -1.14. The van der Waals surface area contributed by atoms with Crippen LogP contribution in [0.3, 0.4) is 0 Å². The minimum atomic E-state index is -1.14. The van der Waals surface area contributed by atoms with Crippen molar-refractivity contribution in [2.75, 3.05) is 6.54 Å². The molecule has 2 amide bonds. The van der Waals surface area contributed by atoms with E-state index in [1.165, 1.54) is 5.56 Å². The predicted octanol–water partition coefficient (Wildman–Crippen LogP) is 4.91. The summed E-state index contributed by atoms with van der Waals surface area (Å²) in [6.45, 7) is 2.16. The normalized spacial score (nSPS) is 24.5. The molecule has 2 aromatic carbocycles. The highest BCUT2D eigenvalue weighted by Gasteiger charge is 2.58. The fraction of sp³-hybridized carbons (Fsp3) is 0.333. The highest BCUT2D eigenvalue weighted by Crippen LogP contribution is 2.36. The van der Waals surface area contributed by atoms with Gasteiger partial charge < -0.3 is 9.84 Å². The van der Waals surface area contributed by atoms with Gasteiger partial charge in [-0.3, -0.25) is 0 Å². The fourth-order valence-corrected chi connectivity index (χ4v) is 4.85. The standard InChI is InChI=1S/C21H23NO4S/c1-16-12-19(27-15-18-10-6-3-7-11-18)13-22(16,20(23)24)21(25)26-14-17-8-4-2-5-9-17/h2-11,16,19H,12-15H2,1H3/p+1/t16-,19-,22+/m1/s1. The molecule has 0 aromatic heterocycles. The van der Waals surface area contributed by atoms with E-state index in [4.69, 9.17) is 4.74 Å². The Balaban J connectivity index is 1.65. The molecule has 142 valence electrons. The number of hydrogen-bond donors (Lipinski definition) is 1. The summed E-state index contributed by atoms with van der Waals surface area (Å²) in [5.41, 5.74) is 2.04. The average Bonchev–Trinajstić information content (AvgIpc) is 3.03. The van der Waals surface area contributed by atoms with Crippen molar-refractivity contribution in [3.63, 3.8) is 0 Å². The lowest BCUT2D eigenvalue weighted by atomic mass is 10.2. The number of likely N-dealkylation sites (tertiary alicyclic amines) is 1. The van der Waals surface area contributed by atoms with Crippen molar-refractivity contribution in [2.24, 2.45) is 0 Å². The van der Waals surface area contributed by atoms with Crippen LogP contribution < -0.4 is 0 Å². The molecule has 1 N–H and O–H groups in total. The zero-order chi connectivity index (χ0) is 19.3. The number of nitrogens with zero attached hydrogens (tertiary/aromatic N) is 1. The van der Waals surface area contributed by atoms with E-state index in [9.17, 15) is 14.7 Å². The van der Waals surface area contributed by atoms with Gasteiger partial charge in [-0.15, -0.1) is 16.2 Å². The van der Waals surface area contributed by atoms with Gasteiger partial charge in [0.05, 0.1) is 5.25 Å². The van der Waals surface area contributed by atoms with Crippen LogP contribution in [-0.2, 0) is 17.1 Å². The molecule has 0 bridgehead atoms. The van der Waals surface area contributed by atoms with Gasteiger partial charge in [0.2, 0.25) is 0 Å². The van der Waals surface area contributed by atoms with Gasteiger partial charge in [-0.2, -0.15) is 9.59 Å². The summed E-state index contributed by atoms with van der Waals surface area (Å²) in [5.74, 6) is 0.802. The molecule has 0 aliphatic carbocycles. The number of ether oxygens (including phenoxy) is 1. The van der Waals surface area contributed by atoms with Crippen LogP contribution in [0.25, 0.3) is 0 Å². The van der Waals surface area contributed by atoms with Gasteiger partial charge in [0.15, 0.2) is 0 Å². The summed E-state index contributed by atoms with van der Waals surface area (Å²) >= 11 is 1.71. The Morgan fingerprint density at radius 1 is 1.07 bits per heavy atom. The number of thioether (sulfide) groups is 1. The van der Waals surface area contributed by atoms with Gasteiger partial charge in [-0.25, -0.2) is 0 Å². The molecular formula is C21H24NO4S+. The highest BCUT2D eigenvalue weighted by molar-refractivity contribution is 7.99. The van der Waals surface area contributed by atoms with E-state index in [0.29, 0.717) is 6.42 Å². The first-order valence-corrected chi connectivity index (χ1v) is 10.0. The van der Waals surface area contributed by atoms with Crippen LogP contribution in [0.1, 0.15) is 24.5 Å². The molecule has 3 atom stereocenters. The van der Waals surface area contributed by atoms with Crippen molar-refractivity contribution in [2.45, 2.75) is 37.0 Å². The smallest absolute Gasteiger partial charge is 0.435 e. The molecule has 1 heterocycles. The zero-order valence-electron chi connectivity index (χ0n) is 15.3. The van der Waals surface area contributed by atoms with E-state index in [1.807, 2.05) is 55.5 Å². The van der Waals surface area contributed by atoms with E-state index in [1.54, 1.807) is 11.8 Å². The number of carboxylic acid groups (broad SMARTS) is 1. The van der Waals surface area contributed by atoms with Gasteiger partial charge in [0, 0.05) is 12.2 Å². The Hall–Kier alpha value is -2.31. The molecule has 6 heteroatoms. The third kappa shape index (κ3) is 4.34. The van der Waals surface area contributed by atoms with Crippen LogP contribution in [-0.4, -0.2) is 39.6 Å². The zero-order valence-corrected chi connectivity index (χ0v) is 16.1. The molecule has 5 nitrogen and oxygen atoms in total. The van der Waals surface area contributed by atoms with Gasteiger partial charge in [-0.1, -0.05) is 60.7 Å². The van der Waals surface area contributed by atoms with Crippen LogP contribution in [0.4, 0.5) is 9.59 Å². The first-order chi connectivity index (χ1) is 13.0. The molecule has 27 heavy (non-hydrogen) atoms. The largest absolute Gasteiger partial charge is 0.527 e. The summed E-state index contributed by atoms with van der Waals surface area (Å²) < 4.78 is 4.75. The summed E-state index contributed by atoms with van der Waals surface area (Å²) in [4.78, 5) is 24.8.